The Kier molecular flexibility index (Phi) is 3.52. The highest BCUT2D eigenvalue weighted by Gasteiger charge is 1.98. The maximum Gasteiger partial charge on any atom is 0.123 e. The predicted octanol–water partition coefficient (Wildman–Crippen LogP) is 1.11. The molecule has 0 aromatic carbocycles. The molecule has 0 saturated heterocycles. The number of rotatable bonds is 4. The molecule has 1 unspecified atom stereocenters. The fraction of sp³-hybridized carbons (Fsp3) is 0.444. The monoisotopic (exact) mass is 181 g/mol. The van der Waals surface area contributed by atoms with E-state index in [1.807, 2.05) is 13.0 Å². The van der Waals surface area contributed by atoms with Crippen molar-refractivity contribution in [2.45, 2.75) is 13.0 Å². The molecule has 1 aromatic rings. The van der Waals surface area contributed by atoms with Gasteiger partial charge in [-0.25, -0.2) is 4.98 Å². The first-order chi connectivity index (χ1) is 6.22. The molecule has 1 rings (SSSR count). The van der Waals surface area contributed by atoms with Gasteiger partial charge in [0.2, 0.25) is 0 Å². The molecular formula is C9H15N3O. The van der Waals surface area contributed by atoms with Gasteiger partial charge in [-0.05, 0) is 19.1 Å². The number of methoxy groups -OCH3 is 1. The van der Waals surface area contributed by atoms with E-state index in [0.717, 1.165) is 12.2 Å². The molecule has 0 radical (unpaired) electrons. The molecular weight excluding hydrogens is 166 g/mol. The maximum atomic E-state index is 5.45. The summed E-state index contributed by atoms with van der Waals surface area (Å²) in [7, 11) is 1.69. The van der Waals surface area contributed by atoms with Gasteiger partial charge >= 0.3 is 0 Å². The molecule has 1 aromatic heterocycles. The summed E-state index contributed by atoms with van der Waals surface area (Å²) in [5.41, 5.74) is 6.40. The van der Waals surface area contributed by atoms with Crippen molar-refractivity contribution in [1.29, 1.82) is 0 Å². The van der Waals surface area contributed by atoms with E-state index in [9.17, 15) is 0 Å². The van der Waals surface area contributed by atoms with Gasteiger partial charge in [0.15, 0.2) is 0 Å². The van der Waals surface area contributed by atoms with E-state index < -0.39 is 0 Å². The van der Waals surface area contributed by atoms with Crippen molar-refractivity contribution in [2.75, 3.05) is 24.7 Å². The third kappa shape index (κ3) is 3.29. The second kappa shape index (κ2) is 4.67. The first-order valence-electron chi connectivity index (χ1n) is 4.20. The van der Waals surface area contributed by atoms with Crippen molar-refractivity contribution in [1.82, 2.24) is 4.98 Å². The van der Waals surface area contributed by atoms with Crippen LogP contribution in [-0.4, -0.2) is 24.7 Å². The van der Waals surface area contributed by atoms with Crippen molar-refractivity contribution in [3.63, 3.8) is 0 Å². The van der Waals surface area contributed by atoms with Crippen LogP contribution in [0.1, 0.15) is 6.92 Å². The van der Waals surface area contributed by atoms with E-state index in [1.165, 1.54) is 0 Å². The maximum absolute atomic E-state index is 5.45. The quantitative estimate of drug-likeness (QED) is 0.730. The van der Waals surface area contributed by atoms with Gasteiger partial charge in [-0.2, -0.15) is 0 Å². The Balaban J connectivity index is 2.41. The zero-order valence-corrected chi connectivity index (χ0v) is 7.95. The number of nitrogens with two attached hydrogens (primary N) is 1. The van der Waals surface area contributed by atoms with Crippen LogP contribution in [0.5, 0.6) is 0 Å². The van der Waals surface area contributed by atoms with Gasteiger partial charge in [-0.1, -0.05) is 0 Å². The Morgan fingerprint density at radius 3 is 2.92 bits per heavy atom. The van der Waals surface area contributed by atoms with Gasteiger partial charge in [0.25, 0.3) is 0 Å². The minimum Gasteiger partial charge on any atom is -0.384 e. The highest BCUT2D eigenvalue weighted by atomic mass is 16.5. The molecule has 0 saturated carbocycles. The van der Waals surface area contributed by atoms with Gasteiger partial charge < -0.3 is 15.8 Å². The third-order valence-corrected chi connectivity index (χ3v) is 1.78. The molecule has 4 heteroatoms. The molecule has 0 aliphatic rings. The van der Waals surface area contributed by atoms with E-state index in [-0.39, 0.29) is 6.10 Å². The van der Waals surface area contributed by atoms with Crippen molar-refractivity contribution < 1.29 is 4.74 Å². The Morgan fingerprint density at radius 2 is 2.38 bits per heavy atom. The molecule has 0 aliphatic heterocycles. The number of anilines is 2. The summed E-state index contributed by atoms with van der Waals surface area (Å²) < 4.78 is 5.09. The van der Waals surface area contributed by atoms with Crippen LogP contribution < -0.4 is 11.1 Å². The number of nitrogens with one attached hydrogen (secondary N) is 1. The van der Waals surface area contributed by atoms with Crippen LogP contribution in [0.25, 0.3) is 0 Å². The summed E-state index contributed by atoms with van der Waals surface area (Å²) in [4.78, 5) is 3.96. The van der Waals surface area contributed by atoms with Gasteiger partial charge in [-0.3, -0.25) is 0 Å². The smallest absolute Gasteiger partial charge is 0.123 e. The first kappa shape index (κ1) is 9.80. The molecule has 1 heterocycles. The van der Waals surface area contributed by atoms with E-state index in [4.69, 9.17) is 10.5 Å². The molecule has 4 nitrogen and oxygen atoms in total. The number of nitrogens with zero attached hydrogens (tertiary/aromatic N) is 1. The van der Waals surface area contributed by atoms with Gasteiger partial charge in [0, 0.05) is 13.7 Å². The number of aromatic nitrogens is 1. The van der Waals surface area contributed by atoms with E-state index >= 15 is 0 Å². The number of hydrogen-bond acceptors (Lipinski definition) is 4. The zero-order valence-electron chi connectivity index (χ0n) is 7.95. The Morgan fingerprint density at radius 1 is 1.62 bits per heavy atom. The lowest BCUT2D eigenvalue weighted by atomic mass is 10.3. The van der Waals surface area contributed by atoms with E-state index in [2.05, 4.69) is 10.3 Å². The Hall–Kier alpha value is -1.29. The highest BCUT2D eigenvalue weighted by molar-refractivity contribution is 5.45. The summed E-state index contributed by atoms with van der Waals surface area (Å²) in [6.45, 7) is 2.76. The van der Waals surface area contributed by atoms with Crippen LogP contribution in [0.3, 0.4) is 0 Å². The van der Waals surface area contributed by atoms with Gasteiger partial charge in [0.05, 0.1) is 18.0 Å². The summed E-state index contributed by atoms with van der Waals surface area (Å²) in [5.74, 6) is 0.533. The molecule has 0 bridgehead atoms. The van der Waals surface area contributed by atoms with Gasteiger partial charge in [0.1, 0.15) is 5.82 Å². The molecule has 3 N–H and O–H groups in total. The molecule has 0 amide bonds. The second-order valence-electron chi connectivity index (χ2n) is 2.90. The van der Waals surface area contributed by atoms with Crippen LogP contribution in [0.15, 0.2) is 18.3 Å². The van der Waals surface area contributed by atoms with Crippen molar-refractivity contribution in [2.24, 2.45) is 0 Å². The van der Waals surface area contributed by atoms with Crippen molar-refractivity contribution in [3.05, 3.63) is 18.3 Å². The topological polar surface area (TPSA) is 60.2 Å². The van der Waals surface area contributed by atoms with Crippen LogP contribution in [0, 0.1) is 0 Å². The lowest BCUT2D eigenvalue weighted by molar-refractivity contribution is 0.129. The molecule has 0 aliphatic carbocycles. The fourth-order valence-electron chi connectivity index (χ4n) is 0.855. The summed E-state index contributed by atoms with van der Waals surface area (Å²) in [5, 5.41) is 3.18. The minimum absolute atomic E-state index is 0.192. The average Bonchev–Trinajstić information content (AvgIpc) is 2.16. The Labute approximate surface area is 78.1 Å². The predicted molar refractivity (Wildman–Crippen MR) is 53.6 cm³/mol. The Bertz CT molecular complexity index is 248. The van der Waals surface area contributed by atoms with Crippen LogP contribution in [0.4, 0.5) is 11.5 Å². The molecule has 0 fully saturated rings. The highest BCUT2D eigenvalue weighted by Crippen LogP contribution is 2.06. The number of ether oxygens (including phenoxy) is 1. The number of hydrogen-bond donors (Lipinski definition) is 2. The number of pyridine rings is 1. The summed E-state index contributed by atoms with van der Waals surface area (Å²) in [6.07, 6.45) is 1.90. The molecule has 13 heavy (non-hydrogen) atoms. The summed E-state index contributed by atoms with van der Waals surface area (Å²) >= 11 is 0. The standard InChI is InChI=1S/C9H15N3O/c1-7(13-2)5-11-8-3-4-9(10)12-6-8/h3-4,6-7,11H,5H2,1-2H3,(H2,10,12). The number of nitrogen functional groups attached to an aromatic ring is 1. The normalized spacial score (nSPS) is 12.5. The third-order valence-electron chi connectivity index (χ3n) is 1.78. The van der Waals surface area contributed by atoms with Crippen molar-refractivity contribution >= 4 is 11.5 Å². The second-order valence-corrected chi connectivity index (χ2v) is 2.90. The van der Waals surface area contributed by atoms with E-state index in [1.54, 1.807) is 19.4 Å². The minimum atomic E-state index is 0.192. The molecule has 1 atom stereocenters. The van der Waals surface area contributed by atoms with Crippen molar-refractivity contribution in [3.8, 4) is 0 Å². The van der Waals surface area contributed by atoms with Crippen LogP contribution >= 0.6 is 0 Å². The lowest BCUT2D eigenvalue weighted by Gasteiger charge is -2.11. The van der Waals surface area contributed by atoms with Crippen LogP contribution in [-0.2, 0) is 4.74 Å². The zero-order chi connectivity index (χ0) is 9.68. The summed E-state index contributed by atoms with van der Waals surface area (Å²) in [6, 6.07) is 3.66. The lowest BCUT2D eigenvalue weighted by Crippen LogP contribution is -2.18. The average molecular weight is 181 g/mol. The van der Waals surface area contributed by atoms with Crippen LogP contribution in [0.2, 0.25) is 0 Å². The fourth-order valence-corrected chi connectivity index (χ4v) is 0.855. The molecule has 0 spiro atoms. The molecule has 72 valence electrons. The van der Waals surface area contributed by atoms with E-state index in [0.29, 0.717) is 5.82 Å². The van der Waals surface area contributed by atoms with Gasteiger partial charge in [-0.15, -0.1) is 0 Å². The first-order valence-corrected chi connectivity index (χ1v) is 4.20. The largest absolute Gasteiger partial charge is 0.384 e. The SMILES string of the molecule is COC(C)CNc1ccc(N)nc1.